The van der Waals surface area contributed by atoms with Crippen LogP contribution >= 0.6 is 0 Å². The molecule has 0 spiro atoms. The number of nitrogens with zero attached hydrogens (tertiary/aromatic N) is 3. The topological polar surface area (TPSA) is 50.3 Å². The number of rotatable bonds is 2. The van der Waals surface area contributed by atoms with Crippen molar-refractivity contribution in [2.45, 2.75) is 59.1 Å². The number of ether oxygens (including phenoxy) is 1. The lowest BCUT2D eigenvalue weighted by atomic mass is 9.95. The van der Waals surface area contributed by atoms with Crippen LogP contribution in [-0.2, 0) is 10.2 Å². The number of nitrogens with one attached hydrogen (secondary N) is 1. The lowest BCUT2D eigenvalue weighted by Gasteiger charge is -2.39. The second-order valence-corrected chi connectivity index (χ2v) is 6.99. The van der Waals surface area contributed by atoms with Crippen LogP contribution in [0.25, 0.3) is 0 Å². The van der Waals surface area contributed by atoms with Crippen molar-refractivity contribution in [1.82, 2.24) is 9.97 Å². The monoisotopic (exact) mass is 292 g/mol. The fourth-order valence-electron chi connectivity index (χ4n) is 2.56. The van der Waals surface area contributed by atoms with Crippen molar-refractivity contribution in [3.05, 3.63) is 11.4 Å². The summed E-state index contributed by atoms with van der Waals surface area (Å²) in [5.74, 6) is 2.82. The summed E-state index contributed by atoms with van der Waals surface area (Å²) in [5, 5.41) is 3.20. The normalized spacial score (nSPS) is 23.3. The molecule has 1 N–H and O–H groups in total. The molecular weight excluding hydrogens is 264 g/mol. The van der Waals surface area contributed by atoms with E-state index in [0.717, 1.165) is 36.2 Å². The molecule has 1 saturated heterocycles. The molecule has 21 heavy (non-hydrogen) atoms. The Kier molecular flexibility index (Phi) is 4.42. The molecule has 2 heterocycles. The molecular formula is C16H28N4O. The van der Waals surface area contributed by atoms with Gasteiger partial charge in [0.2, 0.25) is 0 Å². The highest BCUT2D eigenvalue weighted by molar-refractivity contribution is 5.59. The van der Waals surface area contributed by atoms with Gasteiger partial charge in [0.05, 0.1) is 18.8 Å². The van der Waals surface area contributed by atoms with Gasteiger partial charge >= 0.3 is 0 Å². The van der Waals surface area contributed by atoms with Crippen LogP contribution in [0, 0.1) is 6.92 Å². The molecule has 0 amide bonds. The lowest BCUT2D eigenvalue weighted by molar-refractivity contribution is 0.0339. The van der Waals surface area contributed by atoms with Gasteiger partial charge in [-0.3, -0.25) is 0 Å². The van der Waals surface area contributed by atoms with Gasteiger partial charge in [-0.1, -0.05) is 20.8 Å². The number of anilines is 2. The summed E-state index contributed by atoms with van der Waals surface area (Å²) in [7, 11) is 1.91. The van der Waals surface area contributed by atoms with Crippen LogP contribution in [0.5, 0.6) is 0 Å². The van der Waals surface area contributed by atoms with Crippen LogP contribution in [0.2, 0.25) is 0 Å². The Labute approximate surface area is 128 Å². The van der Waals surface area contributed by atoms with E-state index in [0.29, 0.717) is 6.04 Å². The molecule has 1 aliphatic heterocycles. The third kappa shape index (κ3) is 3.28. The van der Waals surface area contributed by atoms with Gasteiger partial charge in [-0.05, 0) is 20.8 Å². The predicted molar refractivity (Wildman–Crippen MR) is 87.2 cm³/mol. The van der Waals surface area contributed by atoms with Gasteiger partial charge in [-0.15, -0.1) is 0 Å². The summed E-state index contributed by atoms with van der Waals surface area (Å²) in [6, 6.07) is 0.326. The van der Waals surface area contributed by atoms with Crippen LogP contribution in [-0.4, -0.2) is 42.3 Å². The summed E-state index contributed by atoms with van der Waals surface area (Å²) in [6.45, 7) is 14.4. The number of aromatic nitrogens is 2. The van der Waals surface area contributed by atoms with Crippen LogP contribution in [0.4, 0.5) is 11.6 Å². The Morgan fingerprint density at radius 2 is 1.90 bits per heavy atom. The number of morpholine rings is 1. The second-order valence-electron chi connectivity index (χ2n) is 6.99. The van der Waals surface area contributed by atoms with E-state index in [1.54, 1.807) is 0 Å². The minimum absolute atomic E-state index is 0.0742. The highest BCUT2D eigenvalue weighted by Gasteiger charge is 2.29. The minimum Gasteiger partial charge on any atom is -0.375 e. The zero-order valence-electron chi connectivity index (χ0n) is 14.3. The molecule has 118 valence electrons. The molecule has 1 aromatic rings. The molecule has 0 saturated carbocycles. The van der Waals surface area contributed by atoms with Crippen molar-refractivity contribution in [3.8, 4) is 0 Å². The Bertz CT molecular complexity index is 510. The second kappa shape index (κ2) is 5.79. The molecule has 1 aliphatic rings. The summed E-state index contributed by atoms with van der Waals surface area (Å²) in [6.07, 6.45) is 0.228. The smallest absolute Gasteiger partial charge is 0.138 e. The van der Waals surface area contributed by atoms with Gasteiger partial charge in [0.1, 0.15) is 17.5 Å². The molecule has 1 fully saturated rings. The first-order chi connectivity index (χ1) is 9.74. The van der Waals surface area contributed by atoms with Crippen LogP contribution in [0.3, 0.4) is 0 Å². The molecule has 2 unspecified atom stereocenters. The Morgan fingerprint density at radius 3 is 2.48 bits per heavy atom. The van der Waals surface area contributed by atoms with Crippen molar-refractivity contribution in [2.24, 2.45) is 0 Å². The van der Waals surface area contributed by atoms with Crippen LogP contribution in [0.1, 0.15) is 46.0 Å². The van der Waals surface area contributed by atoms with E-state index in [4.69, 9.17) is 9.72 Å². The van der Waals surface area contributed by atoms with Gasteiger partial charge < -0.3 is 15.0 Å². The van der Waals surface area contributed by atoms with Crippen molar-refractivity contribution in [1.29, 1.82) is 0 Å². The maximum absolute atomic E-state index is 5.74. The quantitative estimate of drug-likeness (QED) is 0.908. The van der Waals surface area contributed by atoms with Gasteiger partial charge in [-0.2, -0.15) is 0 Å². The summed E-state index contributed by atoms with van der Waals surface area (Å²) in [5.41, 5.74) is 1.03. The number of hydrogen-bond donors (Lipinski definition) is 1. The van der Waals surface area contributed by atoms with E-state index in [2.05, 4.69) is 56.7 Å². The van der Waals surface area contributed by atoms with E-state index in [-0.39, 0.29) is 11.5 Å². The summed E-state index contributed by atoms with van der Waals surface area (Å²) >= 11 is 0. The first-order valence-electron chi connectivity index (χ1n) is 7.69. The van der Waals surface area contributed by atoms with Crippen molar-refractivity contribution in [3.63, 3.8) is 0 Å². The van der Waals surface area contributed by atoms with E-state index in [9.17, 15) is 0 Å². The molecule has 5 nitrogen and oxygen atoms in total. The van der Waals surface area contributed by atoms with Crippen LogP contribution in [0.15, 0.2) is 0 Å². The van der Waals surface area contributed by atoms with Crippen molar-refractivity contribution < 1.29 is 4.74 Å². The SMILES string of the molecule is CNc1nc(C(C)(C)C)nc(N2CC(C)OCC2C)c1C. The first kappa shape index (κ1) is 16.0. The Morgan fingerprint density at radius 1 is 1.24 bits per heavy atom. The fourth-order valence-corrected chi connectivity index (χ4v) is 2.56. The predicted octanol–water partition coefficient (Wildman–Crippen LogP) is 2.74. The maximum Gasteiger partial charge on any atom is 0.138 e. The highest BCUT2D eigenvalue weighted by atomic mass is 16.5. The highest BCUT2D eigenvalue weighted by Crippen LogP contribution is 2.30. The van der Waals surface area contributed by atoms with Gasteiger partial charge in [0.25, 0.3) is 0 Å². The summed E-state index contributed by atoms with van der Waals surface area (Å²) < 4.78 is 5.74. The minimum atomic E-state index is -0.0742. The lowest BCUT2D eigenvalue weighted by Crippen LogP contribution is -2.48. The molecule has 1 aromatic heterocycles. The Balaban J connectivity index is 2.51. The van der Waals surface area contributed by atoms with Gasteiger partial charge in [-0.25, -0.2) is 9.97 Å². The average molecular weight is 292 g/mol. The summed E-state index contributed by atoms with van der Waals surface area (Å²) in [4.78, 5) is 11.9. The van der Waals surface area contributed by atoms with Gasteiger partial charge in [0.15, 0.2) is 0 Å². The van der Waals surface area contributed by atoms with Crippen molar-refractivity contribution in [2.75, 3.05) is 30.4 Å². The van der Waals surface area contributed by atoms with E-state index in [1.807, 2.05) is 7.05 Å². The molecule has 5 heteroatoms. The average Bonchev–Trinajstić information content (AvgIpc) is 2.40. The largest absolute Gasteiger partial charge is 0.375 e. The zero-order valence-corrected chi connectivity index (χ0v) is 14.3. The molecule has 2 rings (SSSR count). The maximum atomic E-state index is 5.74. The molecule has 0 aliphatic carbocycles. The van der Waals surface area contributed by atoms with E-state index >= 15 is 0 Å². The van der Waals surface area contributed by atoms with Crippen LogP contribution < -0.4 is 10.2 Å². The fraction of sp³-hybridized carbons (Fsp3) is 0.750. The third-order valence-corrected chi connectivity index (χ3v) is 3.91. The van der Waals surface area contributed by atoms with Crippen molar-refractivity contribution >= 4 is 11.6 Å². The zero-order chi connectivity index (χ0) is 15.8. The Hall–Kier alpha value is -1.36. The first-order valence-corrected chi connectivity index (χ1v) is 7.69. The van der Waals surface area contributed by atoms with Gasteiger partial charge in [0, 0.05) is 24.6 Å². The van der Waals surface area contributed by atoms with E-state index in [1.165, 1.54) is 0 Å². The molecule has 2 atom stereocenters. The molecule has 0 bridgehead atoms. The standard InChI is InChI=1S/C16H28N4O/c1-10-9-21-11(2)8-20(10)14-12(3)13(17-7)18-15(19-14)16(4,5)6/h10-11H,8-9H2,1-7H3,(H,17,18,19). The third-order valence-electron chi connectivity index (χ3n) is 3.91. The molecule has 0 radical (unpaired) electrons. The number of hydrogen-bond acceptors (Lipinski definition) is 5. The van der Waals surface area contributed by atoms with E-state index < -0.39 is 0 Å². The molecule has 0 aromatic carbocycles.